The van der Waals surface area contributed by atoms with Gasteiger partial charge in [-0.25, -0.2) is 9.36 Å². The van der Waals surface area contributed by atoms with Crippen LogP contribution >= 0.6 is 23.2 Å². The summed E-state index contributed by atoms with van der Waals surface area (Å²) in [5, 5.41) is 13.5. The van der Waals surface area contributed by atoms with Gasteiger partial charge in [-0.1, -0.05) is 29.3 Å². The van der Waals surface area contributed by atoms with Crippen molar-refractivity contribution in [3.05, 3.63) is 57.1 Å². The van der Waals surface area contributed by atoms with E-state index in [4.69, 9.17) is 27.9 Å². The van der Waals surface area contributed by atoms with Gasteiger partial charge in [0.25, 0.3) is 5.91 Å². The maximum Gasteiger partial charge on any atom is 0.419 e. The molecule has 5 rings (SSSR count). The predicted octanol–water partition coefficient (Wildman–Crippen LogP) is 4.75. The summed E-state index contributed by atoms with van der Waals surface area (Å²) >= 11 is 12.9. The number of piperazine rings is 1. The Balaban J connectivity index is 1.57. The van der Waals surface area contributed by atoms with Crippen LogP contribution in [0.25, 0.3) is 22.2 Å². The van der Waals surface area contributed by atoms with E-state index in [2.05, 4.69) is 21.2 Å². The highest BCUT2D eigenvalue weighted by molar-refractivity contribution is 6.43. The van der Waals surface area contributed by atoms with Crippen LogP contribution in [0.15, 0.2) is 30.3 Å². The first kappa shape index (κ1) is 27.0. The first-order valence-corrected chi connectivity index (χ1v) is 13.5. The second-order valence-corrected chi connectivity index (χ2v) is 11.6. The first-order chi connectivity index (χ1) is 18.1. The molecule has 0 spiro atoms. The number of aliphatic hydroxyl groups excluding tert-OH is 1. The van der Waals surface area contributed by atoms with Crippen LogP contribution in [-0.2, 0) is 17.8 Å². The number of carbonyl (C=O) groups is 2. The summed E-state index contributed by atoms with van der Waals surface area (Å²) in [6, 6.07) is 9.59. The summed E-state index contributed by atoms with van der Waals surface area (Å²) in [4.78, 5) is 31.0. The van der Waals surface area contributed by atoms with E-state index in [0.29, 0.717) is 44.5 Å². The molecule has 1 amide bonds. The minimum Gasteiger partial charge on any atom is -0.443 e. The highest BCUT2D eigenvalue weighted by atomic mass is 35.5. The lowest BCUT2D eigenvalue weighted by Crippen LogP contribution is -2.46. The van der Waals surface area contributed by atoms with Gasteiger partial charge in [0.05, 0.1) is 33.4 Å². The quantitative estimate of drug-likeness (QED) is 0.469. The zero-order valence-corrected chi connectivity index (χ0v) is 23.3. The monoisotopic (exact) mass is 558 g/mol. The van der Waals surface area contributed by atoms with Gasteiger partial charge >= 0.3 is 6.09 Å². The summed E-state index contributed by atoms with van der Waals surface area (Å²) in [7, 11) is 0. The number of hydrogen-bond acceptors (Lipinski definition) is 6. The standard InChI is InChI=1S/C28H32Cl2N4O4/c1-28(2,3)38-27(37)34-22-5-4-17(16-33-8-6-32(7-9-33)10-11-35)12-18(22)13-23(34)19-14-21(29)25(30)20-15-31-26(36)24(19)20/h4-5,12-14,35H,6-11,15-16H2,1-3H3,(H,31,36). The number of nitrogens with one attached hydrogen (secondary N) is 1. The van der Waals surface area contributed by atoms with E-state index < -0.39 is 11.7 Å². The second-order valence-electron chi connectivity index (χ2n) is 10.8. The minimum absolute atomic E-state index is 0.178. The van der Waals surface area contributed by atoms with E-state index in [1.54, 1.807) is 6.07 Å². The van der Waals surface area contributed by atoms with Crippen LogP contribution in [0.3, 0.4) is 0 Å². The van der Waals surface area contributed by atoms with Gasteiger partial charge in [-0.3, -0.25) is 14.6 Å². The van der Waals surface area contributed by atoms with Crippen molar-refractivity contribution in [2.45, 2.75) is 39.5 Å². The normalized spacial score (nSPS) is 16.6. The Bertz CT molecular complexity index is 1400. The van der Waals surface area contributed by atoms with E-state index in [9.17, 15) is 14.7 Å². The van der Waals surface area contributed by atoms with Crippen molar-refractivity contribution in [2.75, 3.05) is 39.3 Å². The van der Waals surface area contributed by atoms with E-state index in [1.165, 1.54) is 4.57 Å². The number of amides is 1. The third-order valence-electron chi connectivity index (χ3n) is 6.97. The average molecular weight is 559 g/mol. The second kappa shape index (κ2) is 10.5. The molecule has 3 heterocycles. The van der Waals surface area contributed by atoms with E-state index in [1.807, 2.05) is 39.0 Å². The highest BCUT2D eigenvalue weighted by Crippen LogP contribution is 2.40. The molecule has 0 unspecified atom stereocenters. The van der Waals surface area contributed by atoms with Crippen LogP contribution in [0, 0.1) is 0 Å². The fourth-order valence-electron chi connectivity index (χ4n) is 5.20. The van der Waals surface area contributed by atoms with Crippen molar-refractivity contribution in [3.8, 4) is 11.3 Å². The van der Waals surface area contributed by atoms with Crippen LogP contribution in [0.1, 0.15) is 42.3 Å². The molecule has 202 valence electrons. The zero-order valence-electron chi connectivity index (χ0n) is 21.8. The molecule has 1 aromatic heterocycles. The molecule has 2 aliphatic rings. The summed E-state index contributed by atoms with van der Waals surface area (Å²) in [6.07, 6.45) is -0.534. The number of rotatable bonds is 5. The smallest absolute Gasteiger partial charge is 0.419 e. The van der Waals surface area contributed by atoms with Crippen LogP contribution in [0.2, 0.25) is 10.0 Å². The van der Waals surface area contributed by atoms with Crippen LogP contribution in [-0.4, -0.2) is 76.4 Å². The number of nitrogens with zero attached hydrogens (tertiary/aromatic N) is 3. The maximum absolute atomic E-state index is 13.5. The van der Waals surface area contributed by atoms with Gasteiger partial charge in [-0.15, -0.1) is 0 Å². The molecule has 0 saturated carbocycles. The number of hydrogen-bond donors (Lipinski definition) is 2. The molecular formula is C28H32Cl2N4O4. The summed E-state index contributed by atoms with van der Waals surface area (Å²) in [5.74, 6) is -0.254. The number of β-amino-alcohol motifs (C(OH)–C–C–N with tert-alkyl or cyclic N) is 1. The number of ether oxygens (including phenoxy) is 1. The Morgan fingerprint density at radius 3 is 2.47 bits per heavy atom. The molecule has 1 saturated heterocycles. The van der Waals surface area contributed by atoms with Crippen molar-refractivity contribution in [1.82, 2.24) is 19.7 Å². The third-order valence-corrected chi connectivity index (χ3v) is 7.80. The lowest BCUT2D eigenvalue weighted by Gasteiger charge is -2.34. The van der Waals surface area contributed by atoms with Crippen LogP contribution in [0.5, 0.6) is 0 Å². The Kier molecular flexibility index (Phi) is 7.46. The third kappa shape index (κ3) is 5.28. The summed E-state index contributed by atoms with van der Waals surface area (Å²) in [5.41, 5.74) is 3.21. The number of halogens is 2. The number of fused-ring (bicyclic) bond motifs is 2. The molecule has 0 atom stereocenters. The number of aliphatic hydroxyl groups is 1. The molecule has 1 fully saturated rings. The number of aromatic nitrogens is 1. The van der Waals surface area contributed by atoms with E-state index in [0.717, 1.165) is 43.7 Å². The van der Waals surface area contributed by atoms with Gasteiger partial charge in [0.15, 0.2) is 0 Å². The van der Waals surface area contributed by atoms with Crippen molar-refractivity contribution < 1.29 is 19.4 Å². The Hall–Kier alpha value is -2.62. The van der Waals surface area contributed by atoms with Crippen molar-refractivity contribution >= 4 is 46.1 Å². The van der Waals surface area contributed by atoms with Crippen LogP contribution in [0.4, 0.5) is 4.79 Å². The van der Waals surface area contributed by atoms with Gasteiger partial charge in [-0.2, -0.15) is 0 Å². The molecule has 10 heteroatoms. The predicted molar refractivity (Wildman–Crippen MR) is 149 cm³/mol. The first-order valence-electron chi connectivity index (χ1n) is 12.8. The highest BCUT2D eigenvalue weighted by Gasteiger charge is 2.31. The molecule has 8 nitrogen and oxygen atoms in total. The van der Waals surface area contributed by atoms with Gasteiger partial charge in [0, 0.05) is 62.3 Å². The zero-order chi connectivity index (χ0) is 27.2. The Morgan fingerprint density at radius 2 is 1.79 bits per heavy atom. The minimum atomic E-state index is -0.708. The molecular weight excluding hydrogens is 527 g/mol. The molecule has 0 aliphatic carbocycles. The topological polar surface area (TPSA) is 87.0 Å². The number of carbonyl (C=O) groups excluding carboxylic acids is 2. The van der Waals surface area contributed by atoms with Gasteiger partial charge in [0.2, 0.25) is 0 Å². The summed E-state index contributed by atoms with van der Waals surface area (Å²) < 4.78 is 7.29. The molecule has 2 aromatic carbocycles. The fourth-order valence-corrected chi connectivity index (χ4v) is 5.64. The van der Waals surface area contributed by atoms with Crippen molar-refractivity contribution in [2.24, 2.45) is 0 Å². The van der Waals surface area contributed by atoms with Crippen molar-refractivity contribution in [3.63, 3.8) is 0 Å². The molecule has 2 N–H and O–H groups in total. The van der Waals surface area contributed by atoms with Gasteiger partial charge in [-0.05, 0) is 50.6 Å². The molecule has 38 heavy (non-hydrogen) atoms. The van der Waals surface area contributed by atoms with E-state index in [-0.39, 0.29) is 19.1 Å². The Labute approximate surface area is 232 Å². The number of benzene rings is 2. The largest absolute Gasteiger partial charge is 0.443 e. The lowest BCUT2D eigenvalue weighted by molar-refractivity contribution is 0.0547. The van der Waals surface area contributed by atoms with Gasteiger partial charge < -0.3 is 15.2 Å². The van der Waals surface area contributed by atoms with Gasteiger partial charge in [0.1, 0.15) is 5.60 Å². The summed E-state index contributed by atoms with van der Waals surface area (Å²) in [6.45, 7) is 11.1. The van der Waals surface area contributed by atoms with Crippen LogP contribution < -0.4 is 5.32 Å². The SMILES string of the molecule is CC(C)(C)OC(=O)n1c(-c2cc(Cl)c(Cl)c3c2C(=O)NC3)cc2cc(CN3CCN(CCO)CC3)ccc21. The fraction of sp³-hybridized carbons (Fsp3) is 0.429. The molecule has 0 bridgehead atoms. The molecule has 0 radical (unpaired) electrons. The average Bonchev–Trinajstić information content (AvgIpc) is 3.42. The lowest BCUT2D eigenvalue weighted by atomic mass is 10.00. The van der Waals surface area contributed by atoms with E-state index >= 15 is 0 Å². The van der Waals surface area contributed by atoms with Crippen molar-refractivity contribution in [1.29, 1.82) is 0 Å². The Morgan fingerprint density at radius 1 is 1.08 bits per heavy atom. The maximum atomic E-state index is 13.5. The molecule has 3 aromatic rings. The molecule has 2 aliphatic heterocycles.